The lowest BCUT2D eigenvalue weighted by Gasteiger charge is -2.63. The quantitative estimate of drug-likeness (QED) is 0.305. The lowest BCUT2D eigenvalue weighted by molar-refractivity contribution is -0.946. The molecule has 0 spiro atoms. The minimum Gasteiger partial charge on any atom is -1.00 e. The van der Waals surface area contributed by atoms with Gasteiger partial charge in [-0.25, -0.2) is 0 Å². The van der Waals surface area contributed by atoms with Crippen LogP contribution >= 0.6 is 0 Å². The van der Waals surface area contributed by atoms with E-state index in [2.05, 4.69) is 27.9 Å². The van der Waals surface area contributed by atoms with E-state index in [0.717, 1.165) is 27.7 Å². The third kappa shape index (κ3) is 6.15. The highest BCUT2D eigenvalue weighted by Gasteiger charge is 2.68. The molecular weight excluding hydrogens is 672 g/mol. The SMILES string of the molecule is CC(=O)O[C@H]1C[C@@H]2CC[C@@H]3[C@H](CC[C@@]4(C)[C@H]3C[C@H](OC(C)=O)[C@@H]4[N+]3(C)CCCCC3)[C@@]2(C)C[C@@H]1[N+]1(C)CCCCC1.[Br-].[Br-]. The Hall–Kier alpha value is -0.180. The summed E-state index contributed by atoms with van der Waals surface area (Å²) in [5.74, 6) is 2.51. The minimum atomic E-state index is -0.0998. The van der Waals surface area contributed by atoms with E-state index in [9.17, 15) is 9.59 Å². The number of likely N-dealkylation sites (tertiary alicyclic amines) is 2. The van der Waals surface area contributed by atoms with E-state index in [0.29, 0.717) is 35.3 Å². The number of nitrogens with zero attached hydrogens (tertiary/aromatic N) is 2. The van der Waals surface area contributed by atoms with Crippen LogP contribution in [0, 0.1) is 34.5 Å². The smallest absolute Gasteiger partial charge is 0.303 e. The van der Waals surface area contributed by atoms with Crippen molar-refractivity contribution in [1.29, 1.82) is 0 Å². The first-order valence-corrected chi connectivity index (χ1v) is 17.4. The highest BCUT2D eigenvalue weighted by atomic mass is 79.9. The third-order valence-corrected chi connectivity index (χ3v) is 14.4. The summed E-state index contributed by atoms with van der Waals surface area (Å²) >= 11 is 0. The van der Waals surface area contributed by atoms with Crippen molar-refractivity contribution in [1.82, 2.24) is 0 Å². The molecule has 0 N–H and O–H groups in total. The van der Waals surface area contributed by atoms with Gasteiger partial charge in [0.15, 0.2) is 12.2 Å². The van der Waals surface area contributed by atoms with E-state index >= 15 is 0 Å². The average molecular weight is 733 g/mol. The fourth-order valence-corrected chi connectivity index (χ4v) is 12.7. The first-order chi connectivity index (χ1) is 19.4. The molecule has 4 aliphatic carbocycles. The van der Waals surface area contributed by atoms with E-state index < -0.39 is 0 Å². The molecule has 0 amide bonds. The van der Waals surface area contributed by atoms with Crippen molar-refractivity contribution in [3.05, 3.63) is 0 Å². The number of quaternary nitrogens is 2. The Kier molecular flexibility index (Phi) is 10.9. The van der Waals surface area contributed by atoms with Crippen molar-refractivity contribution in [2.75, 3.05) is 40.3 Å². The van der Waals surface area contributed by atoms with Crippen molar-refractivity contribution in [2.24, 2.45) is 34.5 Å². The van der Waals surface area contributed by atoms with Gasteiger partial charge in [-0.1, -0.05) is 13.8 Å². The van der Waals surface area contributed by atoms with E-state index in [-0.39, 0.29) is 63.5 Å². The molecule has 0 aromatic rings. The molecule has 0 unspecified atom stereocenters. The van der Waals surface area contributed by atoms with E-state index in [1.807, 2.05) is 0 Å². The summed E-state index contributed by atoms with van der Waals surface area (Å²) in [5, 5.41) is 0. The number of fused-ring (bicyclic) bond motifs is 5. The maximum atomic E-state index is 12.4. The van der Waals surface area contributed by atoms with E-state index in [1.165, 1.54) is 96.8 Å². The first kappa shape index (κ1) is 35.7. The second kappa shape index (κ2) is 13.1. The standard InChI is InChI=1S/C35H60N2O4.2BrH/c1-24(38)40-31-21-26-13-14-27-28(35(26,4)23-30(31)36(5)17-9-7-10-18-36)15-16-34(3)29(27)22-32(41-25(2)39)33(34)37(6)19-11-8-12-20-37;;/h26-33H,7-23H2,1-6H3;2*1H/q+2;;/p-2/t26-,27+,28-,29-,30-,31-,32-,33-,34-,35-;;/m0../s1. The monoisotopic (exact) mass is 730 g/mol. The van der Waals surface area contributed by atoms with Crippen LogP contribution in [0.25, 0.3) is 0 Å². The maximum Gasteiger partial charge on any atom is 0.303 e. The molecule has 8 heteroatoms. The molecule has 0 aromatic carbocycles. The normalized spacial score (nSPS) is 44.7. The van der Waals surface area contributed by atoms with Crippen LogP contribution in [0.2, 0.25) is 0 Å². The summed E-state index contributed by atoms with van der Waals surface area (Å²) in [7, 11) is 4.96. The molecule has 4 saturated carbocycles. The Morgan fingerprint density at radius 3 is 1.81 bits per heavy atom. The minimum absolute atomic E-state index is 0. The van der Waals surface area contributed by atoms with Crippen molar-refractivity contribution in [3.63, 3.8) is 0 Å². The van der Waals surface area contributed by atoms with Crippen molar-refractivity contribution in [2.45, 2.75) is 135 Å². The second-order valence-electron chi connectivity index (χ2n) is 16.7. The molecule has 6 nitrogen and oxygen atoms in total. The van der Waals surface area contributed by atoms with Crippen LogP contribution in [-0.4, -0.2) is 85.5 Å². The molecule has 0 bridgehead atoms. The second-order valence-corrected chi connectivity index (χ2v) is 16.7. The topological polar surface area (TPSA) is 52.6 Å². The predicted molar refractivity (Wildman–Crippen MR) is 161 cm³/mol. The summed E-state index contributed by atoms with van der Waals surface area (Å²) in [4.78, 5) is 24.7. The van der Waals surface area contributed by atoms with Gasteiger partial charge in [-0.2, -0.15) is 0 Å². The van der Waals surface area contributed by atoms with Gasteiger partial charge < -0.3 is 52.4 Å². The number of carbonyl (C=O) groups is 2. The maximum absolute atomic E-state index is 12.4. The molecule has 10 atom stereocenters. The van der Waals surface area contributed by atoms with E-state index in [1.54, 1.807) is 13.8 Å². The number of ether oxygens (including phenoxy) is 2. The molecule has 248 valence electrons. The lowest BCUT2D eigenvalue weighted by Crippen LogP contribution is -3.00. The van der Waals surface area contributed by atoms with Crippen LogP contribution < -0.4 is 34.0 Å². The molecule has 6 aliphatic rings. The Labute approximate surface area is 283 Å². The molecule has 0 aromatic heterocycles. The summed E-state index contributed by atoms with van der Waals surface area (Å²) in [6.07, 6.45) is 16.4. The molecule has 6 rings (SSSR count). The summed E-state index contributed by atoms with van der Waals surface area (Å²) in [5.41, 5.74) is 0.527. The molecule has 6 fully saturated rings. The van der Waals surface area contributed by atoms with Gasteiger partial charge >= 0.3 is 11.9 Å². The van der Waals surface area contributed by atoms with Gasteiger partial charge in [0.2, 0.25) is 0 Å². The number of hydrogen-bond acceptors (Lipinski definition) is 4. The van der Waals surface area contributed by atoms with Gasteiger partial charge in [-0.05, 0) is 106 Å². The number of likely N-dealkylation sites (N-methyl/N-ethyl adjacent to an activating group) is 2. The number of halogens is 2. The molecule has 2 heterocycles. The molecule has 43 heavy (non-hydrogen) atoms. The third-order valence-electron chi connectivity index (χ3n) is 14.4. The molecule has 0 radical (unpaired) electrons. The Morgan fingerprint density at radius 1 is 0.674 bits per heavy atom. The van der Waals surface area contributed by atoms with Crippen LogP contribution in [0.4, 0.5) is 0 Å². The van der Waals surface area contributed by atoms with Crippen molar-refractivity contribution < 1.29 is 62.0 Å². The van der Waals surface area contributed by atoms with Gasteiger partial charge in [0.25, 0.3) is 0 Å². The van der Waals surface area contributed by atoms with Gasteiger partial charge in [0.05, 0.1) is 40.3 Å². The number of carbonyl (C=O) groups excluding carboxylic acids is 2. The molecule has 2 aliphatic heterocycles. The van der Waals surface area contributed by atoms with Gasteiger partial charge in [0, 0.05) is 25.7 Å². The van der Waals surface area contributed by atoms with Crippen LogP contribution in [0.3, 0.4) is 0 Å². The lowest BCUT2D eigenvalue weighted by atomic mass is 9.44. The number of esters is 2. The number of hydrogen-bond donors (Lipinski definition) is 0. The molecular formula is C35H60Br2N2O4. The Balaban J connectivity index is 0.00000212. The number of rotatable bonds is 4. The van der Waals surface area contributed by atoms with Gasteiger partial charge in [-0.3, -0.25) is 9.59 Å². The van der Waals surface area contributed by atoms with Crippen LogP contribution in [-0.2, 0) is 19.1 Å². The zero-order valence-electron chi connectivity index (χ0n) is 27.9. The fourth-order valence-electron chi connectivity index (χ4n) is 12.7. The summed E-state index contributed by atoms with van der Waals surface area (Å²) in [6.45, 7) is 13.4. The van der Waals surface area contributed by atoms with Gasteiger partial charge in [0.1, 0.15) is 12.1 Å². The predicted octanol–water partition coefficient (Wildman–Crippen LogP) is 0.119. The molecule has 2 saturated heterocycles. The zero-order valence-corrected chi connectivity index (χ0v) is 31.1. The van der Waals surface area contributed by atoms with Crippen LogP contribution in [0.1, 0.15) is 111 Å². The highest BCUT2D eigenvalue weighted by molar-refractivity contribution is 5.66. The van der Waals surface area contributed by atoms with Crippen LogP contribution in [0.5, 0.6) is 0 Å². The largest absolute Gasteiger partial charge is 1.00 e. The van der Waals surface area contributed by atoms with Crippen molar-refractivity contribution >= 4 is 11.9 Å². The zero-order chi connectivity index (χ0) is 29.2. The fraction of sp³-hybridized carbons (Fsp3) is 0.943. The average Bonchev–Trinajstić information content (AvgIpc) is 3.21. The van der Waals surface area contributed by atoms with E-state index in [4.69, 9.17) is 9.47 Å². The Bertz CT molecular complexity index is 1010. The highest BCUT2D eigenvalue weighted by Crippen LogP contribution is 2.68. The van der Waals surface area contributed by atoms with Gasteiger partial charge in [-0.15, -0.1) is 0 Å². The summed E-state index contributed by atoms with van der Waals surface area (Å²) in [6, 6.07) is 0.837. The van der Waals surface area contributed by atoms with Crippen LogP contribution in [0.15, 0.2) is 0 Å². The van der Waals surface area contributed by atoms with Crippen molar-refractivity contribution in [3.8, 4) is 0 Å². The summed E-state index contributed by atoms with van der Waals surface area (Å²) < 4.78 is 14.6. The Morgan fingerprint density at radius 2 is 1.23 bits per heavy atom. The first-order valence-electron chi connectivity index (χ1n) is 17.4. The number of piperidine rings is 2.